The Morgan fingerprint density at radius 1 is 1.00 bits per heavy atom. The second-order valence-corrected chi connectivity index (χ2v) is 5.82. The Kier molecular flexibility index (Phi) is 2.79. The number of nitrogens with two attached hydrogens (primary N) is 1. The third-order valence-electron chi connectivity index (χ3n) is 2.70. The minimum absolute atomic E-state index is 0.130. The number of sulfonamides is 1. The lowest BCUT2D eigenvalue weighted by atomic mass is 10.3. The van der Waals surface area contributed by atoms with Crippen LogP contribution in [0.4, 0.5) is 11.4 Å². The molecule has 1 heterocycles. The van der Waals surface area contributed by atoms with Crippen LogP contribution in [0.15, 0.2) is 52.0 Å². The first-order valence-electron chi connectivity index (χ1n) is 5.65. The molecule has 7 nitrogen and oxygen atoms in total. The van der Waals surface area contributed by atoms with Crippen molar-refractivity contribution in [2.24, 2.45) is 0 Å². The number of nitrogen functional groups attached to an aromatic ring is 1. The summed E-state index contributed by atoms with van der Waals surface area (Å²) in [5.41, 5.74) is 7.44. The molecule has 0 aliphatic rings. The first-order chi connectivity index (χ1) is 9.54. The van der Waals surface area contributed by atoms with Crippen molar-refractivity contribution in [3.05, 3.63) is 42.5 Å². The van der Waals surface area contributed by atoms with Gasteiger partial charge in [0.2, 0.25) is 0 Å². The van der Waals surface area contributed by atoms with Crippen LogP contribution in [-0.2, 0) is 10.0 Å². The molecule has 102 valence electrons. The van der Waals surface area contributed by atoms with Crippen LogP contribution < -0.4 is 10.5 Å². The molecule has 0 fully saturated rings. The number of hydrogen-bond acceptors (Lipinski definition) is 6. The van der Waals surface area contributed by atoms with Crippen LogP contribution in [-0.4, -0.2) is 18.7 Å². The van der Waals surface area contributed by atoms with Gasteiger partial charge in [-0.25, -0.2) is 13.0 Å². The molecule has 0 unspecified atom stereocenters. The van der Waals surface area contributed by atoms with Crippen molar-refractivity contribution in [1.29, 1.82) is 0 Å². The molecule has 0 spiro atoms. The van der Waals surface area contributed by atoms with Gasteiger partial charge in [-0.3, -0.25) is 4.72 Å². The summed E-state index contributed by atoms with van der Waals surface area (Å²) in [5, 5.41) is 7.30. The maximum absolute atomic E-state index is 12.2. The minimum Gasteiger partial charge on any atom is -0.399 e. The van der Waals surface area contributed by atoms with E-state index in [1.165, 1.54) is 24.3 Å². The van der Waals surface area contributed by atoms with E-state index in [1.807, 2.05) is 0 Å². The van der Waals surface area contributed by atoms with Gasteiger partial charge in [0.1, 0.15) is 11.0 Å². The molecule has 0 aliphatic carbocycles. The van der Waals surface area contributed by atoms with Crippen LogP contribution in [0.5, 0.6) is 0 Å². The zero-order valence-electron chi connectivity index (χ0n) is 10.1. The van der Waals surface area contributed by atoms with Crippen LogP contribution in [0, 0.1) is 0 Å². The van der Waals surface area contributed by atoms with E-state index < -0.39 is 10.0 Å². The van der Waals surface area contributed by atoms with Gasteiger partial charge in [-0.15, -0.1) is 0 Å². The second kappa shape index (κ2) is 4.49. The van der Waals surface area contributed by atoms with Gasteiger partial charge in [-0.05, 0) is 52.8 Å². The highest BCUT2D eigenvalue weighted by molar-refractivity contribution is 7.92. The van der Waals surface area contributed by atoms with E-state index in [0.29, 0.717) is 22.4 Å². The Balaban J connectivity index is 1.94. The first kappa shape index (κ1) is 12.4. The fraction of sp³-hybridized carbons (Fsp3) is 0. The van der Waals surface area contributed by atoms with E-state index in [-0.39, 0.29) is 4.90 Å². The number of hydrogen-bond donors (Lipinski definition) is 2. The van der Waals surface area contributed by atoms with Gasteiger partial charge < -0.3 is 5.73 Å². The van der Waals surface area contributed by atoms with E-state index in [9.17, 15) is 8.42 Å². The van der Waals surface area contributed by atoms with E-state index in [4.69, 9.17) is 5.73 Å². The van der Waals surface area contributed by atoms with Crippen LogP contribution in [0.1, 0.15) is 0 Å². The van der Waals surface area contributed by atoms with Crippen molar-refractivity contribution in [3.63, 3.8) is 0 Å². The van der Waals surface area contributed by atoms with Crippen molar-refractivity contribution in [2.75, 3.05) is 10.5 Å². The van der Waals surface area contributed by atoms with Crippen molar-refractivity contribution < 1.29 is 13.0 Å². The molecule has 0 amide bonds. The van der Waals surface area contributed by atoms with Crippen molar-refractivity contribution in [3.8, 4) is 0 Å². The second-order valence-electron chi connectivity index (χ2n) is 4.14. The van der Waals surface area contributed by atoms with Crippen molar-refractivity contribution in [1.82, 2.24) is 10.3 Å². The Bertz CT molecular complexity index is 856. The largest absolute Gasteiger partial charge is 0.399 e. The van der Waals surface area contributed by atoms with Crippen LogP contribution in [0.25, 0.3) is 11.0 Å². The van der Waals surface area contributed by atoms with E-state index in [2.05, 4.69) is 19.7 Å². The van der Waals surface area contributed by atoms with Gasteiger partial charge in [0.15, 0.2) is 0 Å². The summed E-state index contributed by atoms with van der Waals surface area (Å²) in [4.78, 5) is 0.130. The van der Waals surface area contributed by atoms with Gasteiger partial charge in [-0.1, -0.05) is 0 Å². The summed E-state index contributed by atoms with van der Waals surface area (Å²) in [7, 11) is -3.67. The standard InChI is InChI=1S/C12H10N4O3S/c13-8-1-4-10(5-2-8)20(17,18)16-9-3-6-11-12(7-9)15-19-14-11/h1-7,16H,13H2. The average Bonchev–Trinajstić information content (AvgIpc) is 2.86. The SMILES string of the molecule is Nc1ccc(S(=O)(=O)Nc2ccc3nonc3c2)cc1. The smallest absolute Gasteiger partial charge is 0.261 e. The maximum atomic E-state index is 12.2. The minimum atomic E-state index is -3.67. The predicted octanol–water partition coefficient (Wildman–Crippen LogP) is 1.61. The van der Waals surface area contributed by atoms with Gasteiger partial charge in [0.05, 0.1) is 10.6 Å². The molecule has 1 aromatic heterocycles. The number of benzene rings is 2. The number of anilines is 2. The van der Waals surface area contributed by atoms with E-state index in [0.717, 1.165) is 0 Å². The van der Waals surface area contributed by atoms with Crippen molar-refractivity contribution in [2.45, 2.75) is 4.90 Å². The van der Waals surface area contributed by atoms with E-state index in [1.54, 1.807) is 18.2 Å². The molecule has 0 atom stereocenters. The number of nitrogens with one attached hydrogen (secondary N) is 1. The summed E-state index contributed by atoms with van der Waals surface area (Å²) >= 11 is 0. The van der Waals surface area contributed by atoms with Crippen LogP contribution in [0.2, 0.25) is 0 Å². The summed E-state index contributed by atoms with van der Waals surface area (Å²) in [6.45, 7) is 0. The fourth-order valence-electron chi connectivity index (χ4n) is 1.71. The molecule has 8 heteroatoms. The molecule has 0 radical (unpaired) electrons. The third kappa shape index (κ3) is 2.28. The predicted molar refractivity (Wildman–Crippen MR) is 73.5 cm³/mol. The topological polar surface area (TPSA) is 111 Å². The molecule has 20 heavy (non-hydrogen) atoms. The van der Waals surface area contributed by atoms with Crippen LogP contribution >= 0.6 is 0 Å². The molecular formula is C12H10N4O3S. The highest BCUT2D eigenvalue weighted by Gasteiger charge is 2.14. The third-order valence-corrected chi connectivity index (χ3v) is 4.09. The highest BCUT2D eigenvalue weighted by atomic mass is 32.2. The van der Waals surface area contributed by atoms with Gasteiger partial charge >= 0.3 is 0 Å². The fourth-order valence-corrected chi connectivity index (χ4v) is 2.76. The number of nitrogens with zero attached hydrogens (tertiary/aromatic N) is 2. The number of fused-ring (bicyclic) bond motifs is 1. The summed E-state index contributed by atoms with van der Waals surface area (Å²) < 4.78 is 31.4. The molecule has 3 aromatic rings. The monoisotopic (exact) mass is 290 g/mol. The zero-order chi connectivity index (χ0) is 14.2. The molecule has 2 aromatic carbocycles. The summed E-state index contributed by atoms with van der Waals surface area (Å²) in [6.07, 6.45) is 0. The molecule has 0 aliphatic heterocycles. The quantitative estimate of drug-likeness (QED) is 0.709. The van der Waals surface area contributed by atoms with Crippen molar-refractivity contribution >= 4 is 32.4 Å². The molecule has 3 rings (SSSR count). The zero-order valence-corrected chi connectivity index (χ0v) is 11.0. The summed E-state index contributed by atoms with van der Waals surface area (Å²) in [5.74, 6) is 0. The maximum Gasteiger partial charge on any atom is 0.261 e. The Labute approximate surface area is 114 Å². The molecular weight excluding hydrogens is 280 g/mol. The molecule has 0 saturated heterocycles. The van der Waals surface area contributed by atoms with Gasteiger partial charge in [0, 0.05) is 5.69 Å². The summed E-state index contributed by atoms with van der Waals surface area (Å²) in [6, 6.07) is 10.7. The molecule has 3 N–H and O–H groups in total. The first-order valence-corrected chi connectivity index (χ1v) is 7.14. The lowest BCUT2D eigenvalue weighted by Crippen LogP contribution is -2.12. The number of rotatable bonds is 3. The van der Waals surface area contributed by atoms with Gasteiger partial charge in [0.25, 0.3) is 10.0 Å². The molecule has 0 bridgehead atoms. The Morgan fingerprint density at radius 3 is 2.45 bits per heavy atom. The Morgan fingerprint density at radius 2 is 1.70 bits per heavy atom. The highest BCUT2D eigenvalue weighted by Crippen LogP contribution is 2.20. The normalized spacial score (nSPS) is 11.6. The van der Waals surface area contributed by atoms with Gasteiger partial charge in [-0.2, -0.15) is 0 Å². The van der Waals surface area contributed by atoms with E-state index >= 15 is 0 Å². The average molecular weight is 290 g/mol. The van der Waals surface area contributed by atoms with Crippen LogP contribution in [0.3, 0.4) is 0 Å². The number of aromatic nitrogens is 2. The molecule has 0 saturated carbocycles. The Hall–Kier alpha value is -2.61. The lowest BCUT2D eigenvalue weighted by Gasteiger charge is -2.07. The lowest BCUT2D eigenvalue weighted by molar-refractivity contribution is 0.315.